The van der Waals surface area contributed by atoms with E-state index in [0.717, 1.165) is 38.9 Å². The standard InChI is InChI=1S/3C5H9NO.H3N/c3*1-4-2-3-6-5(4)7;/h3*4H,2-3H2,1H3,(H,6,7);1H3. The summed E-state index contributed by atoms with van der Waals surface area (Å²) in [6, 6.07) is 0. The zero-order valence-electron chi connectivity index (χ0n) is 13.9. The summed E-state index contributed by atoms with van der Waals surface area (Å²) in [5.41, 5.74) is 0. The summed E-state index contributed by atoms with van der Waals surface area (Å²) >= 11 is 0. The summed E-state index contributed by atoms with van der Waals surface area (Å²) in [6.07, 6.45) is 3.04. The number of hydrogen-bond acceptors (Lipinski definition) is 4. The Morgan fingerprint density at radius 1 is 0.636 bits per heavy atom. The molecule has 0 saturated carbocycles. The Hall–Kier alpha value is -1.63. The summed E-state index contributed by atoms with van der Waals surface area (Å²) < 4.78 is 0. The van der Waals surface area contributed by atoms with Crippen molar-refractivity contribution in [3.05, 3.63) is 0 Å². The first kappa shape index (κ1) is 20.4. The molecule has 0 aliphatic carbocycles. The van der Waals surface area contributed by atoms with Crippen LogP contribution in [0, 0.1) is 17.8 Å². The van der Waals surface area contributed by atoms with Crippen LogP contribution in [0.4, 0.5) is 0 Å². The van der Waals surface area contributed by atoms with E-state index >= 15 is 0 Å². The van der Waals surface area contributed by atoms with Crippen molar-refractivity contribution in [2.45, 2.75) is 40.0 Å². The van der Waals surface area contributed by atoms with Crippen LogP contribution in [-0.4, -0.2) is 37.4 Å². The number of carbonyl (C=O) groups is 3. The van der Waals surface area contributed by atoms with Gasteiger partial charge >= 0.3 is 0 Å². The van der Waals surface area contributed by atoms with Gasteiger partial charge in [-0.1, -0.05) is 20.8 Å². The lowest BCUT2D eigenvalue weighted by atomic mass is 10.1. The van der Waals surface area contributed by atoms with Crippen molar-refractivity contribution in [3.63, 3.8) is 0 Å². The van der Waals surface area contributed by atoms with E-state index < -0.39 is 0 Å². The van der Waals surface area contributed by atoms with Crippen LogP contribution in [-0.2, 0) is 14.4 Å². The highest BCUT2D eigenvalue weighted by Gasteiger charge is 2.18. The fourth-order valence-corrected chi connectivity index (χ4v) is 2.15. The van der Waals surface area contributed by atoms with Crippen molar-refractivity contribution in [3.8, 4) is 0 Å². The predicted octanol–water partition coefficient (Wildman–Crippen LogP) is 0.589. The highest BCUT2D eigenvalue weighted by molar-refractivity contribution is 5.80. The minimum atomic E-state index is 0. The fraction of sp³-hybridized carbons (Fsp3) is 0.800. The lowest BCUT2D eigenvalue weighted by Crippen LogP contribution is -2.16. The second-order valence-electron chi connectivity index (χ2n) is 5.94. The molecule has 7 heteroatoms. The maximum atomic E-state index is 10.5. The van der Waals surface area contributed by atoms with E-state index in [9.17, 15) is 14.4 Å². The first-order chi connectivity index (χ1) is 9.91. The third-order valence-electron chi connectivity index (χ3n) is 3.97. The Morgan fingerprint density at radius 2 is 0.864 bits per heavy atom. The Balaban J connectivity index is 0.000000294. The molecule has 3 rings (SSSR count). The van der Waals surface area contributed by atoms with Crippen LogP contribution in [0.15, 0.2) is 0 Å². The van der Waals surface area contributed by atoms with Crippen LogP contribution in [0.5, 0.6) is 0 Å². The highest BCUT2D eigenvalue weighted by atomic mass is 16.2. The fourth-order valence-electron chi connectivity index (χ4n) is 2.15. The predicted molar refractivity (Wildman–Crippen MR) is 85.4 cm³/mol. The number of hydrogen-bond donors (Lipinski definition) is 4. The largest absolute Gasteiger partial charge is 0.356 e. The zero-order valence-corrected chi connectivity index (χ0v) is 13.9. The molecule has 0 aromatic carbocycles. The van der Waals surface area contributed by atoms with Gasteiger partial charge in [0.05, 0.1) is 0 Å². The summed E-state index contributed by atoms with van der Waals surface area (Å²) in [7, 11) is 0. The topological polar surface area (TPSA) is 122 Å². The Morgan fingerprint density at radius 3 is 0.909 bits per heavy atom. The SMILES string of the molecule is CC1CCNC1=O.CC1CCNC1=O.CC1CCNC1=O.N. The van der Waals surface area contributed by atoms with E-state index in [1.54, 1.807) is 0 Å². The molecular formula is C15H30N4O3. The van der Waals surface area contributed by atoms with E-state index in [2.05, 4.69) is 16.0 Å². The van der Waals surface area contributed by atoms with Gasteiger partial charge in [-0.3, -0.25) is 14.4 Å². The van der Waals surface area contributed by atoms with Gasteiger partial charge in [0.25, 0.3) is 0 Å². The van der Waals surface area contributed by atoms with Gasteiger partial charge in [-0.15, -0.1) is 0 Å². The lowest BCUT2D eigenvalue weighted by Gasteiger charge is -1.90. The summed E-state index contributed by atoms with van der Waals surface area (Å²) in [5, 5.41) is 8.19. The van der Waals surface area contributed by atoms with Crippen molar-refractivity contribution < 1.29 is 14.4 Å². The monoisotopic (exact) mass is 314 g/mol. The van der Waals surface area contributed by atoms with Crippen molar-refractivity contribution >= 4 is 17.7 Å². The van der Waals surface area contributed by atoms with Crippen molar-refractivity contribution in [1.82, 2.24) is 22.1 Å². The minimum Gasteiger partial charge on any atom is -0.356 e. The third-order valence-corrected chi connectivity index (χ3v) is 3.97. The molecule has 3 heterocycles. The van der Waals surface area contributed by atoms with Crippen LogP contribution < -0.4 is 22.1 Å². The van der Waals surface area contributed by atoms with Crippen molar-refractivity contribution in [2.24, 2.45) is 17.8 Å². The summed E-state index contributed by atoms with van der Waals surface area (Å²) in [4.78, 5) is 31.4. The molecule has 3 aliphatic heterocycles. The van der Waals surface area contributed by atoms with Gasteiger partial charge < -0.3 is 22.1 Å². The molecule has 0 aromatic heterocycles. The van der Waals surface area contributed by atoms with Gasteiger partial charge in [0.1, 0.15) is 0 Å². The van der Waals surface area contributed by atoms with Crippen LogP contribution in [0.1, 0.15) is 40.0 Å². The van der Waals surface area contributed by atoms with Gasteiger partial charge in [-0.05, 0) is 19.3 Å². The van der Waals surface area contributed by atoms with E-state index in [1.165, 1.54) is 0 Å². The second kappa shape index (κ2) is 10.2. The quantitative estimate of drug-likeness (QED) is 0.522. The number of rotatable bonds is 0. The molecular weight excluding hydrogens is 284 g/mol. The number of amides is 3. The van der Waals surface area contributed by atoms with Gasteiger partial charge in [0.2, 0.25) is 17.7 Å². The zero-order chi connectivity index (χ0) is 15.8. The van der Waals surface area contributed by atoms with Gasteiger partial charge in [-0.2, -0.15) is 0 Å². The Bertz CT molecular complexity index is 330. The second-order valence-corrected chi connectivity index (χ2v) is 5.94. The molecule has 3 atom stereocenters. The molecule has 0 radical (unpaired) electrons. The minimum absolute atomic E-state index is 0. The molecule has 6 N–H and O–H groups in total. The van der Waals surface area contributed by atoms with Gasteiger partial charge in [-0.25, -0.2) is 0 Å². The molecule has 3 saturated heterocycles. The van der Waals surface area contributed by atoms with E-state index in [0.29, 0.717) is 0 Å². The third kappa shape index (κ3) is 6.89. The summed E-state index contributed by atoms with van der Waals surface area (Å²) in [6.45, 7) is 8.47. The molecule has 3 amide bonds. The van der Waals surface area contributed by atoms with E-state index in [1.807, 2.05) is 20.8 Å². The normalized spacial score (nSPS) is 29.0. The van der Waals surface area contributed by atoms with Crippen molar-refractivity contribution in [1.29, 1.82) is 0 Å². The molecule has 22 heavy (non-hydrogen) atoms. The molecule has 0 bridgehead atoms. The average Bonchev–Trinajstić information content (AvgIpc) is 3.11. The lowest BCUT2D eigenvalue weighted by molar-refractivity contribution is -0.122. The number of nitrogens with one attached hydrogen (secondary N) is 3. The average molecular weight is 314 g/mol. The number of carbonyl (C=O) groups excluding carboxylic acids is 3. The molecule has 7 nitrogen and oxygen atoms in total. The maximum Gasteiger partial charge on any atom is 0.222 e. The Labute approximate surface area is 132 Å². The van der Waals surface area contributed by atoms with Crippen molar-refractivity contribution in [2.75, 3.05) is 19.6 Å². The first-order valence-corrected chi connectivity index (χ1v) is 7.75. The highest BCUT2D eigenvalue weighted by Crippen LogP contribution is 2.06. The molecule has 0 aromatic rings. The Kier molecular flexibility index (Phi) is 9.40. The van der Waals surface area contributed by atoms with Crippen LogP contribution in [0.2, 0.25) is 0 Å². The first-order valence-electron chi connectivity index (χ1n) is 7.75. The van der Waals surface area contributed by atoms with Crippen LogP contribution in [0.3, 0.4) is 0 Å². The molecule has 3 unspecified atom stereocenters. The van der Waals surface area contributed by atoms with Crippen LogP contribution in [0.25, 0.3) is 0 Å². The molecule has 3 aliphatic rings. The van der Waals surface area contributed by atoms with E-state index in [4.69, 9.17) is 0 Å². The molecule has 3 fully saturated rings. The smallest absolute Gasteiger partial charge is 0.222 e. The van der Waals surface area contributed by atoms with Gasteiger partial charge in [0, 0.05) is 37.4 Å². The van der Waals surface area contributed by atoms with E-state index in [-0.39, 0.29) is 41.6 Å². The summed E-state index contributed by atoms with van der Waals surface area (Å²) in [5.74, 6) is 1.42. The van der Waals surface area contributed by atoms with Gasteiger partial charge in [0.15, 0.2) is 0 Å². The maximum absolute atomic E-state index is 10.5. The molecule has 0 spiro atoms. The van der Waals surface area contributed by atoms with Crippen LogP contribution >= 0.6 is 0 Å². The molecule has 128 valence electrons.